The number of nitro groups is 1. The molecule has 0 radical (unpaired) electrons. The number of nitrogens with one attached hydrogen (secondary N) is 2. The molecule has 4 rings (SSSR count). The molecule has 0 spiro atoms. The Balaban J connectivity index is 1.71. The molecular formula is C22H21N7O4. The van der Waals surface area contributed by atoms with Crippen molar-refractivity contribution in [2.24, 2.45) is 12.1 Å². The first-order valence-electron chi connectivity index (χ1n) is 10.1. The zero-order valence-corrected chi connectivity index (χ0v) is 18.0. The normalized spacial score (nSPS) is 11.6. The minimum absolute atomic E-state index is 0.0117. The van der Waals surface area contributed by atoms with Gasteiger partial charge in [0.2, 0.25) is 5.95 Å². The average Bonchev–Trinajstić information content (AvgIpc) is 3.19. The number of H-pyrrole nitrogens is 1. The average molecular weight is 447 g/mol. The van der Waals surface area contributed by atoms with Crippen LogP contribution in [0.15, 0.2) is 69.3 Å². The largest absolute Gasteiger partial charge is 0.329 e. The predicted molar refractivity (Wildman–Crippen MR) is 125 cm³/mol. The fourth-order valence-electron chi connectivity index (χ4n) is 3.45. The summed E-state index contributed by atoms with van der Waals surface area (Å²) < 4.78 is 2.96. The molecule has 33 heavy (non-hydrogen) atoms. The first-order valence-corrected chi connectivity index (χ1v) is 10.1. The second kappa shape index (κ2) is 8.91. The second-order valence-corrected chi connectivity index (χ2v) is 7.43. The predicted octanol–water partition coefficient (Wildman–Crippen LogP) is 2.41. The fourth-order valence-corrected chi connectivity index (χ4v) is 3.45. The van der Waals surface area contributed by atoms with Crippen LogP contribution in [0.3, 0.4) is 0 Å². The lowest BCUT2D eigenvalue weighted by molar-refractivity contribution is -0.384. The Morgan fingerprint density at radius 1 is 1.15 bits per heavy atom. The number of imidazole rings is 1. The molecule has 2 aromatic heterocycles. The van der Waals surface area contributed by atoms with Crippen molar-refractivity contribution in [3.8, 4) is 0 Å². The molecule has 0 fully saturated rings. The molecule has 0 saturated heterocycles. The van der Waals surface area contributed by atoms with Gasteiger partial charge in [0.1, 0.15) is 0 Å². The van der Waals surface area contributed by atoms with Crippen LogP contribution in [0.1, 0.15) is 18.1 Å². The molecular weight excluding hydrogens is 426 g/mol. The number of fused-ring (bicyclic) bond motifs is 1. The van der Waals surface area contributed by atoms with Crippen LogP contribution < -0.4 is 16.7 Å². The van der Waals surface area contributed by atoms with E-state index in [2.05, 4.69) is 20.5 Å². The Morgan fingerprint density at radius 3 is 2.52 bits per heavy atom. The van der Waals surface area contributed by atoms with Crippen LogP contribution in [-0.2, 0) is 20.0 Å². The first kappa shape index (κ1) is 21.7. The van der Waals surface area contributed by atoms with Crippen LogP contribution >= 0.6 is 0 Å². The first-order chi connectivity index (χ1) is 15.8. The maximum atomic E-state index is 12.6. The molecule has 0 amide bonds. The lowest BCUT2D eigenvalue weighted by Gasteiger charge is -2.09. The number of aromatic amines is 1. The third-order valence-electron chi connectivity index (χ3n) is 5.29. The number of aryl methyl sites for hydroxylation is 3. The molecule has 4 aromatic rings. The van der Waals surface area contributed by atoms with Crippen LogP contribution in [-0.4, -0.2) is 29.7 Å². The molecule has 2 N–H and O–H groups in total. The standard InChI is InChI=1S/C22H21N7O4/c1-14(16-8-10-17(11-9-16)29(32)33)25-26-21-23-19-18(20(30)24-22(31)27(19)2)28(21)13-12-15-6-4-3-5-7-15/h3-11H,12-13H2,1-2H3,(H,23,26)(H,24,30,31)/b25-14-. The van der Waals surface area contributed by atoms with Crippen molar-refractivity contribution in [1.82, 2.24) is 19.1 Å². The van der Waals surface area contributed by atoms with Crippen molar-refractivity contribution >= 4 is 28.5 Å². The molecule has 0 saturated carbocycles. The zero-order chi connectivity index (χ0) is 23.5. The van der Waals surface area contributed by atoms with E-state index in [9.17, 15) is 19.7 Å². The molecule has 0 aliphatic carbocycles. The molecule has 0 unspecified atom stereocenters. The number of hydrogen-bond donors (Lipinski definition) is 2. The highest BCUT2D eigenvalue weighted by Crippen LogP contribution is 2.18. The molecule has 0 aliphatic rings. The summed E-state index contributed by atoms with van der Waals surface area (Å²) in [5.41, 5.74) is 4.62. The number of benzene rings is 2. The highest BCUT2D eigenvalue weighted by molar-refractivity contribution is 5.99. The van der Waals surface area contributed by atoms with Crippen molar-refractivity contribution in [2.45, 2.75) is 19.9 Å². The van der Waals surface area contributed by atoms with Gasteiger partial charge >= 0.3 is 5.69 Å². The Hall–Kier alpha value is -4.54. The number of rotatable bonds is 7. The van der Waals surface area contributed by atoms with Gasteiger partial charge in [0.15, 0.2) is 11.2 Å². The Bertz CT molecular complexity index is 1470. The number of hydrogen-bond acceptors (Lipinski definition) is 7. The van der Waals surface area contributed by atoms with Gasteiger partial charge in [0.25, 0.3) is 11.2 Å². The van der Waals surface area contributed by atoms with E-state index in [4.69, 9.17) is 0 Å². The van der Waals surface area contributed by atoms with Crippen LogP contribution in [0.2, 0.25) is 0 Å². The third kappa shape index (κ3) is 4.42. The minimum Gasteiger partial charge on any atom is -0.303 e. The quantitative estimate of drug-likeness (QED) is 0.253. The van der Waals surface area contributed by atoms with E-state index in [1.54, 1.807) is 23.6 Å². The maximum absolute atomic E-state index is 12.6. The van der Waals surface area contributed by atoms with Crippen molar-refractivity contribution in [2.75, 3.05) is 5.43 Å². The summed E-state index contributed by atoms with van der Waals surface area (Å²) in [4.78, 5) is 41.8. The summed E-state index contributed by atoms with van der Waals surface area (Å²) in [6, 6.07) is 15.8. The summed E-state index contributed by atoms with van der Waals surface area (Å²) >= 11 is 0. The van der Waals surface area contributed by atoms with Crippen molar-refractivity contribution in [1.29, 1.82) is 0 Å². The van der Waals surface area contributed by atoms with E-state index >= 15 is 0 Å². The number of nitrogens with zero attached hydrogens (tertiary/aromatic N) is 5. The summed E-state index contributed by atoms with van der Waals surface area (Å²) in [6.45, 7) is 2.17. The van der Waals surface area contributed by atoms with Crippen LogP contribution in [0.25, 0.3) is 11.2 Å². The van der Waals surface area contributed by atoms with E-state index in [1.807, 2.05) is 30.3 Å². The third-order valence-corrected chi connectivity index (χ3v) is 5.29. The van der Waals surface area contributed by atoms with Gasteiger partial charge in [0.05, 0.1) is 10.6 Å². The molecule has 0 bridgehead atoms. The van der Waals surface area contributed by atoms with Crippen molar-refractivity contribution < 1.29 is 4.92 Å². The summed E-state index contributed by atoms with van der Waals surface area (Å²) in [5.74, 6) is 0.300. The van der Waals surface area contributed by atoms with Crippen LogP contribution in [0, 0.1) is 10.1 Å². The van der Waals surface area contributed by atoms with E-state index in [1.165, 1.54) is 23.7 Å². The van der Waals surface area contributed by atoms with Crippen molar-refractivity contribution in [3.63, 3.8) is 0 Å². The SMILES string of the molecule is C/C(=N/Nc1nc2c(c(=O)[nH]c(=O)n2C)n1CCc1ccccc1)c1ccc([N+](=O)[O-])cc1. The number of hydrazone groups is 1. The smallest absolute Gasteiger partial charge is 0.303 e. The lowest BCUT2D eigenvalue weighted by Crippen LogP contribution is -2.29. The van der Waals surface area contributed by atoms with Gasteiger partial charge in [-0.25, -0.2) is 10.2 Å². The number of aromatic nitrogens is 4. The number of anilines is 1. The van der Waals surface area contributed by atoms with Crippen LogP contribution in [0.4, 0.5) is 11.6 Å². The molecule has 0 aliphatic heterocycles. The van der Waals surface area contributed by atoms with Crippen LogP contribution in [0.5, 0.6) is 0 Å². The topological polar surface area (TPSA) is 140 Å². The van der Waals surface area contributed by atoms with E-state index in [-0.39, 0.29) is 16.9 Å². The van der Waals surface area contributed by atoms with E-state index < -0.39 is 16.2 Å². The van der Waals surface area contributed by atoms with E-state index in [0.29, 0.717) is 30.2 Å². The fraction of sp³-hybridized carbons (Fsp3) is 0.182. The van der Waals surface area contributed by atoms with Gasteiger partial charge in [-0.05, 0) is 36.6 Å². The molecule has 168 valence electrons. The monoisotopic (exact) mass is 447 g/mol. The minimum atomic E-state index is -0.558. The number of non-ortho nitro benzene ring substituents is 1. The van der Waals surface area contributed by atoms with Gasteiger partial charge in [-0.2, -0.15) is 10.1 Å². The summed E-state index contributed by atoms with van der Waals surface area (Å²) in [7, 11) is 1.53. The van der Waals surface area contributed by atoms with Gasteiger partial charge in [-0.15, -0.1) is 0 Å². The van der Waals surface area contributed by atoms with Gasteiger partial charge in [-0.1, -0.05) is 30.3 Å². The van der Waals surface area contributed by atoms with Gasteiger partial charge in [-0.3, -0.25) is 24.5 Å². The van der Waals surface area contributed by atoms with E-state index in [0.717, 1.165) is 5.56 Å². The zero-order valence-electron chi connectivity index (χ0n) is 18.0. The molecule has 2 heterocycles. The van der Waals surface area contributed by atoms with Gasteiger partial charge < -0.3 is 4.57 Å². The Labute approximate surface area is 187 Å². The van der Waals surface area contributed by atoms with Crippen molar-refractivity contribution in [3.05, 3.63) is 96.7 Å². The highest BCUT2D eigenvalue weighted by Gasteiger charge is 2.17. The molecule has 11 heteroatoms. The van der Waals surface area contributed by atoms with Gasteiger partial charge in [0, 0.05) is 25.7 Å². The molecule has 2 aromatic carbocycles. The number of nitro benzene ring substituents is 1. The maximum Gasteiger partial charge on any atom is 0.329 e. The molecule has 11 nitrogen and oxygen atoms in total. The summed E-state index contributed by atoms with van der Waals surface area (Å²) in [5, 5.41) is 15.2. The Morgan fingerprint density at radius 2 is 1.85 bits per heavy atom. The Kier molecular flexibility index (Phi) is 5.85. The highest BCUT2D eigenvalue weighted by atomic mass is 16.6. The lowest BCUT2D eigenvalue weighted by atomic mass is 10.1. The summed E-state index contributed by atoms with van der Waals surface area (Å²) in [6.07, 6.45) is 0.633. The second-order valence-electron chi connectivity index (χ2n) is 7.43. The molecule has 0 atom stereocenters.